The van der Waals surface area contributed by atoms with Gasteiger partial charge in [-0.1, -0.05) is 24.3 Å². The minimum atomic E-state index is -0.712. The predicted octanol–water partition coefficient (Wildman–Crippen LogP) is 2.15. The van der Waals surface area contributed by atoms with E-state index in [-0.39, 0.29) is 41.4 Å². The molecular formula is C23H21N3O5. The number of rotatable bonds is 8. The van der Waals surface area contributed by atoms with Crippen molar-refractivity contribution in [2.75, 3.05) is 13.7 Å². The number of primary amides is 1. The standard InChI is InChI=1S/C23H21N3O5/c1-31-18-11-16(22(29)19-7-4-5-9-25-19)10-17(12-18)23(30)26(14-21(24)28)13-15-6-2-3-8-20(15)27/h2-12,27H,13-14H2,1H3,(H2,24,28). The Kier molecular flexibility index (Phi) is 6.61. The van der Waals surface area contributed by atoms with Gasteiger partial charge >= 0.3 is 0 Å². The summed E-state index contributed by atoms with van der Waals surface area (Å²) in [5.74, 6) is -1.35. The molecule has 8 heteroatoms. The largest absolute Gasteiger partial charge is 0.508 e. The number of nitrogens with zero attached hydrogens (tertiary/aromatic N) is 2. The van der Waals surface area contributed by atoms with Gasteiger partial charge < -0.3 is 20.5 Å². The third-order valence-corrected chi connectivity index (χ3v) is 4.54. The fourth-order valence-corrected chi connectivity index (χ4v) is 3.04. The van der Waals surface area contributed by atoms with Crippen LogP contribution in [0, 0.1) is 0 Å². The molecule has 0 unspecified atom stereocenters. The van der Waals surface area contributed by atoms with Crippen LogP contribution in [0.3, 0.4) is 0 Å². The van der Waals surface area contributed by atoms with Crippen LogP contribution in [-0.4, -0.2) is 46.2 Å². The Hall–Kier alpha value is -4.20. The van der Waals surface area contributed by atoms with E-state index >= 15 is 0 Å². The first-order chi connectivity index (χ1) is 14.9. The monoisotopic (exact) mass is 419 g/mol. The number of benzene rings is 2. The second kappa shape index (κ2) is 9.53. The Morgan fingerprint density at radius 3 is 2.39 bits per heavy atom. The lowest BCUT2D eigenvalue weighted by atomic mass is 10.0. The number of phenolic OH excluding ortho intramolecular Hbond substituents is 1. The van der Waals surface area contributed by atoms with Crippen LogP contribution in [0.25, 0.3) is 0 Å². The van der Waals surface area contributed by atoms with E-state index in [4.69, 9.17) is 10.5 Å². The van der Waals surface area contributed by atoms with Crippen molar-refractivity contribution in [3.63, 3.8) is 0 Å². The molecule has 1 aromatic heterocycles. The van der Waals surface area contributed by atoms with Crippen molar-refractivity contribution in [1.82, 2.24) is 9.88 Å². The molecule has 3 N–H and O–H groups in total. The molecule has 0 aliphatic heterocycles. The minimum absolute atomic E-state index is 0.0126. The quantitative estimate of drug-likeness (QED) is 0.540. The molecule has 31 heavy (non-hydrogen) atoms. The summed E-state index contributed by atoms with van der Waals surface area (Å²) >= 11 is 0. The number of aromatic hydroxyl groups is 1. The highest BCUT2D eigenvalue weighted by atomic mass is 16.5. The number of pyridine rings is 1. The number of phenols is 1. The van der Waals surface area contributed by atoms with E-state index in [1.54, 1.807) is 36.4 Å². The van der Waals surface area contributed by atoms with Gasteiger partial charge in [0.2, 0.25) is 11.7 Å². The van der Waals surface area contributed by atoms with E-state index in [0.717, 1.165) is 0 Å². The fourth-order valence-electron chi connectivity index (χ4n) is 3.04. The van der Waals surface area contributed by atoms with Gasteiger partial charge in [-0.25, -0.2) is 0 Å². The molecule has 0 fully saturated rings. The molecule has 3 rings (SSSR count). The molecule has 0 saturated heterocycles. The molecule has 158 valence electrons. The number of ether oxygens (including phenoxy) is 1. The molecule has 0 bridgehead atoms. The van der Waals surface area contributed by atoms with Crippen molar-refractivity contribution >= 4 is 17.6 Å². The summed E-state index contributed by atoms with van der Waals surface area (Å²) in [6.45, 7) is -0.414. The lowest BCUT2D eigenvalue weighted by Gasteiger charge is -2.22. The Balaban J connectivity index is 1.98. The minimum Gasteiger partial charge on any atom is -0.508 e. The molecule has 0 aliphatic rings. The first kappa shape index (κ1) is 21.5. The number of ketones is 1. The average Bonchev–Trinajstić information content (AvgIpc) is 2.79. The number of para-hydroxylation sites is 1. The Labute approximate surface area is 178 Å². The van der Waals surface area contributed by atoms with Gasteiger partial charge in [0.25, 0.3) is 5.91 Å². The smallest absolute Gasteiger partial charge is 0.254 e. The summed E-state index contributed by atoms with van der Waals surface area (Å²) in [4.78, 5) is 42.9. The van der Waals surface area contributed by atoms with Gasteiger partial charge in [-0.2, -0.15) is 0 Å². The zero-order chi connectivity index (χ0) is 22.4. The highest BCUT2D eigenvalue weighted by Crippen LogP contribution is 2.23. The van der Waals surface area contributed by atoms with Crippen LogP contribution in [0.1, 0.15) is 32.0 Å². The number of nitrogens with two attached hydrogens (primary N) is 1. The number of aromatic nitrogens is 1. The third-order valence-electron chi connectivity index (χ3n) is 4.54. The summed E-state index contributed by atoms with van der Waals surface area (Å²) in [5.41, 5.74) is 6.34. The first-order valence-corrected chi connectivity index (χ1v) is 9.38. The fraction of sp³-hybridized carbons (Fsp3) is 0.130. The first-order valence-electron chi connectivity index (χ1n) is 9.38. The molecule has 3 aromatic rings. The molecular weight excluding hydrogens is 398 g/mol. The van der Waals surface area contributed by atoms with Gasteiger partial charge in [0, 0.05) is 22.9 Å². The van der Waals surface area contributed by atoms with Crippen molar-refractivity contribution in [3.8, 4) is 11.5 Å². The second-order valence-electron chi connectivity index (χ2n) is 6.75. The molecule has 1 heterocycles. The van der Waals surface area contributed by atoms with Crippen LogP contribution in [0.5, 0.6) is 11.5 Å². The van der Waals surface area contributed by atoms with E-state index in [0.29, 0.717) is 11.3 Å². The van der Waals surface area contributed by atoms with Crippen molar-refractivity contribution in [2.45, 2.75) is 6.54 Å². The van der Waals surface area contributed by atoms with E-state index in [1.165, 1.54) is 42.5 Å². The zero-order valence-corrected chi connectivity index (χ0v) is 16.8. The molecule has 2 amide bonds. The normalized spacial score (nSPS) is 10.4. The number of hydrogen-bond donors (Lipinski definition) is 2. The van der Waals surface area contributed by atoms with Crippen molar-refractivity contribution < 1.29 is 24.2 Å². The second-order valence-corrected chi connectivity index (χ2v) is 6.75. The SMILES string of the molecule is COc1cc(C(=O)c2ccccn2)cc(C(=O)N(CC(N)=O)Cc2ccccc2O)c1. The lowest BCUT2D eigenvalue weighted by Crippen LogP contribution is -2.38. The van der Waals surface area contributed by atoms with Crippen molar-refractivity contribution in [1.29, 1.82) is 0 Å². The molecule has 8 nitrogen and oxygen atoms in total. The zero-order valence-electron chi connectivity index (χ0n) is 16.8. The van der Waals surface area contributed by atoms with E-state index in [2.05, 4.69) is 4.98 Å². The van der Waals surface area contributed by atoms with Crippen LogP contribution in [-0.2, 0) is 11.3 Å². The molecule has 2 aromatic carbocycles. The lowest BCUT2D eigenvalue weighted by molar-refractivity contribution is -0.118. The van der Waals surface area contributed by atoms with Crippen LogP contribution in [0.15, 0.2) is 66.9 Å². The summed E-state index contributed by atoms with van der Waals surface area (Å²) in [6.07, 6.45) is 1.50. The number of hydrogen-bond acceptors (Lipinski definition) is 6. The summed E-state index contributed by atoms with van der Waals surface area (Å²) < 4.78 is 5.25. The molecule has 0 aliphatic carbocycles. The van der Waals surface area contributed by atoms with Crippen LogP contribution in [0.4, 0.5) is 0 Å². The van der Waals surface area contributed by atoms with E-state index in [9.17, 15) is 19.5 Å². The summed E-state index contributed by atoms with van der Waals surface area (Å²) in [6, 6.07) is 15.8. The van der Waals surface area contributed by atoms with Gasteiger partial charge in [-0.3, -0.25) is 19.4 Å². The van der Waals surface area contributed by atoms with E-state index < -0.39 is 11.8 Å². The van der Waals surface area contributed by atoms with Crippen molar-refractivity contribution in [2.24, 2.45) is 5.73 Å². The molecule has 0 saturated carbocycles. The maximum absolute atomic E-state index is 13.2. The Morgan fingerprint density at radius 1 is 1.03 bits per heavy atom. The topological polar surface area (TPSA) is 123 Å². The predicted molar refractivity (Wildman–Crippen MR) is 113 cm³/mol. The van der Waals surface area contributed by atoms with Crippen LogP contribution in [0.2, 0.25) is 0 Å². The van der Waals surface area contributed by atoms with Gasteiger partial charge in [0.15, 0.2) is 0 Å². The number of carbonyl (C=O) groups excluding carboxylic acids is 3. The van der Waals surface area contributed by atoms with Gasteiger partial charge in [-0.05, 0) is 36.4 Å². The van der Waals surface area contributed by atoms with Gasteiger partial charge in [0.1, 0.15) is 17.2 Å². The van der Waals surface area contributed by atoms with E-state index in [1.807, 2.05) is 0 Å². The maximum atomic E-state index is 13.2. The molecule has 0 spiro atoms. The van der Waals surface area contributed by atoms with Crippen molar-refractivity contribution in [3.05, 3.63) is 89.2 Å². The van der Waals surface area contributed by atoms with Crippen LogP contribution >= 0.6 is 0 Å². The van der Waals surface area contributed by atoms with Gasteiger partial charge in [-0.15, -0.1) is 0 Å². The average molecular weight is 419 g/mol. The summed E-state index contributed by atoms with van der Waals surface area (Å²) in [7, 11) is 1.42. The third kappa shape index (κ3) is 5.24. The molecule has 0 radical (unpaired) electrons. The number of methoxy groups -OCH3 is 1. The van der Waals surface area contributed by atoms with Gasteiger partial charge in [0.05, 0.1) is 20.2 Å². The Morgan fingerprint density at radius 2 is 1.74 bits per heavy atom. The number of carbonyl (C=O) groups is 3. The highest BCUT2D eigenvalue weighted by Gasteiger charge is 2.22. The highest BCUT2D eigenvalue weighted by molar-refractivity contribution is 6.09. The summed E-state index contributed by atoms with van der Waals surface area (Å²) in [5, 5.41) is 10.0. The number of amides is 2. The molecule has 0 atom stereocenters. The maximum Gasteiger partial charge on any atom is 0.254 e. The Bertz CT molecular complexity index is 1120. The van der Waals surface area contributed by atoms with Crippen LogP contribution < -0.4 is 10.5 Å².